The summed E-state index contributed by atoms with van der Waals surface area (Å²) in [6, 6.07) is 3.87. The molecule has 1 atom stereocenters. The van der Waals surface area contributed by atoms with Crippen LogP contribution in [0.5, 0.6) is 0 Å². The largest absolute Gasteiger partial charge is 0.334 e. The Labute approximate surface area is 155 Å². The summed E-state index contributed by atoms with van der Waals surface area (Å²) < 4.78 is 0. The van der Waals surface area contributed by atoms with Gasteiger partial charge in [0.2, 0.25) is 0 Å². The second kappa shape index (κ2) is 7.67. The van der Waals surface area contributed by atoms with E-state index in [2.05, 4.69) is 33.5 Å². The average Bonchev–Trinajstić information content (AvgIpc) is 3.14. The van der Waals surface area contributed by atoms with Gasteiger partial charge in [-0.3, -0.25) is 4.90 Å². The van der Waals surface area contributed by atoms with Gasteiger partial charge in [-0.2, -0.15) is 0 Å². The molecule has 1 aliphatic heterocycles. The van der Waals surface area contributed by atoms with E-state index in [0.717, 1.165) is 38.4 Å². The van der Waals surface area contributed by atoms with Crippen molar-refractivity contribution in [2.45, 2.75) is 83.0 Å². The predicted octanol–water partition coefficient (Wildman–Crippen LogP) is 4.14. The summed E-state index contributed by atoms with van der Waals surface area (Å²) in [5.74, 6) is 0. The lowest BCUT2D eigenvalue weighted by Gasteiger charge is -2.38. The van der Waals surface area contributed by atoms with Gasteiger partial charge in [0.15, 0.2) is 0 Å². The van der Waals surface area contributed by atoms with Crippen LogP contribution in [-0.4, -0.2) is 47.0 Å². The van der Waals surface area contributed by atoms with Crippen molar-refractivity contribution in [2.24, 2.45) is 0 Å². The normalized spacial score (nSPS) is 25.2. The quantitative estimate of drug-likeness (QED) is 0.855. The van der Waals surface area contributed by atoms with E-state index in [-0.39, 0.29) is 6.03 Å². The number of piperidine rings is 1. The first-order chi connectivity index (χ1) is 12.2. The van der Waals surface area contributed by atoms with Crippen molar-refractivity contribution in [3.8, 4) is 0 Å². The summed E-state index contributed by atoms with van der Waals surface area (Å²) in [6.45, 7) is 5.19. The summed E-state index contributed by atoms with van der Waals surface area (Å²) in [5.41, 5.74) is 1.31. The summed E-state index contributed by atoms with van der Waals surface area (Å²) >= 11 is 1.77. The second-order valence-electron chi connectivity index (χ2n) is 8.11. The van der Waals surface area contributed by atoms with Crippen LogP contribution in [0.25, 0.3) is 0 Å². The third-order valence-electron chi connectivity index (χ3n) is 6.15. The molecule has 4 rings (SSSR count). The molecule has 1 N–H and O–H groups in total. The molecule has 2 heterocycles. The Morgan fingerprint density at radius 2 is 2.04 bits per heavy atom. The number of amides is 2. The van der Waals surface area contributed by atoms with Crippen LogP contribution < -0.4 is 5.32 Å². The van der Waals surface area contributed by atoms with Crippen molar-refractivity contribution < 1.29 is 4.79 Å². The molecule has 0 spiro atoms. The van der Waals surface area contributed by atoms with E-state index in [1.165, 1.54) is 49.1 Å². The van der Waals surface area contributed by atoms with Crippen LogP contribution in [0, 0.1) is 6.92 Å². The zero-order valence-corrected chi connectivity index (χ0v) is 16.2. The first-order valence-electron chi connectivity index (χ1n) is 10.0. The summed E-state index contributed by atoms with van der Waals surface area (Å²) in [7, 11) is 0. The lowest BCUT2D eigenvalue weighted by molar-refractivity contribution is 0.132. The molecule has 3 aliphatic rings. The summed E-state index contributed by atoms with van der Waals surface area (Å²) in [5, 5.41) is 5.51. The van der Waals surface area contributed by atoms with Crippen LogP contribution in [0.1, 0.15) is 61.8 Å². The number of thiophene rings is 1. The Kier molecular flexibility index (Phi) is 5.32. The molecule has 1 unspecified atom stereocenters. The van der Waals surface area contributed by atoms with E-state index < -0.39 is 0 Å². The number of hydrogen-bond acceptors (Lipinski definition) is 3. The molecule has 3 fully saturated rings. The van der Waals surface area contributed by atoms with Crippen molar-refractivity contribution in [2.75, 3.05) is 13.1 Å². The molecule has 0 aromatic carbocycles. The number of nitrogens with zero attached hydrogens (tertiary/aromatic N) is 2. The van der Waals surface area contributed by atoms with Crippen molar-refractivity contribution >= 4 is 17.4 Å². The molecule has 2 saturated carbocycles. The first-order valence-corrected chi connectivity index (χ1v) is 10.9. The van der Waals surface area contributed by atoms with Crippen LogP contribution >= 0.6 is 11.3 Å². The number of urea groups is 1. The van der Waals surface area contributed by atoms with E-state index in [9.17, 15) is 4.79 Å². The molecule has 25 heavy (non-hydrogen) atoms. The first kappa shape index (κ1) is 17.3. The summed E-state index contributed by atoms with van der Waals surface area (Å²) in [4.78, 5) is 19.0. The highest BCUT2D eigenvalue weighted by Gasteiger charge is 2.35. The Morgan fingerprint density at radius 1 is 1.24 bits per heavy atom. The lowest BCUT2D eigenvalue weighted by Crippen LogP contribution is -2.53. The van der Waals surface area contributed by atoms with E-state index in [4.69, 9.17) is 0 Å². The van der Waals surface area contributed by atoms with Gasteiger partial charge < -0.3 is 10.2 Å². The molecule has 0 bridgehead atoms. The van der Waals surface area contributed by atoms with Gasteiger partial charge in [0.25, 0.3) is 0 Å². The fraction of sp³-hybridized carbons (Fsp3) is 0.750. The maximum Gasteiger partial charge on any atom is 0.318 e. The van der Waals surface area contributed by atoms with Gasteiger partial charge in [0.1, 0.15) is 0 Å². The van der Waals surface area contributed by atoms with Crippen molar-refractivity contribution in [3.63, 3.8) is 0 Å². The Balaban J connectivity index is 1.35. The number of likely N-dealkylation sites (tertiary alicyclic amines) is 1. The van der Waals surface area contributed by atoms with Gasteiger partial charge in [0, 0.05) is 29.5 Å². The maximum absolute atomic E-state index is 13.0. The SMILES string of the molecule is Cc1ccsc1CN(C(=O)NC1CCCN(C2CCCC2)C1)C1CC1. The third kappa shape index (κ3) is 4.20. The zero-order chi connectivity index (χ0) is 17.2. The standard InChI is InChI=1S/C20H31N3OS/c1-15-10-12-25-19(15)14-23(18-8-9-18)20(24)21-16-5-4-11-22(13-16)17-6-2-3-7-17/h10,12,16-18H,2-9,11,13-14H2,1H3,(H,21,24). The minimum Gasteiger partial charge on any atom is -0.334 e. The number of carbonyl (C=O) groups excluding carboxylic acids is 1. The highest BCUT2D eigenvalue weighted by Crippen LogP contribution is 2.31. The van der Waals surface area contributed by atoms with Crippen LogP contribution in [0.2, 0.25) is 0 Å². The smallest absolute Gasteiger partial charge is 0.318 e. The topological polar surface area (TPSA) is 35.6 Å². The highest BCUT2D eigenvalue weighted by molar-refractivity contribution is 7.10. The van der Waals surface area contributed by atoms with Crippen LogP contribution in [-0.2, 0) is 6.54 Å². The Morgan fingerprint density at radius 3 is 2.72 bits per heavy atom. The third-order valence-corrected chi connectivity index (χ3v) is 7.16. The minimum atomic E-state index is 0.161. The van der Waals surface area contributed by atoms with Gasteiger partial charge in [-0.05, 0) is 69.0 Å². The summed E-state index contributed by atoms with van der Waals surface area (Å²) in [6.07, 6.45) is 10.1. The minimum absolute atomic E-state index is 0.161. The van der Waals surface area contributed by atoms with E-state index in [1.54, 1.807) is 11.3 Å². The molecule has 0 radical (unpaired) electrons. The Hall–Kier alpha value is -1.07. The molecule has 138 valence electrons. The van der Waals surface area contributed by atoms with E-state index >= 15 is 0 Å². The van der Waals surface area contributed by atoms with Gasteiger partial charge in [-0.15, -0.1) is 11.3 Å². The van der Waals surface area contributed by atoms with Gasteiger partial charge in [-0.1, -0.05) is 12.8 Å². The predicted molar refractivity (Wildman–Crippen MR) is 103 cm³/mol. The zero-order valence-electron chi connectivity index (χ0n) is 15.4. The highest BCUT2D eigenvalue weighted by atomic mass is 32.1. The molecule has 4 nitrogen and oxygen atoms in total. The fourth-order valence-electron chi connectivity index (χ4n) is 4.46. The van der Waals surface area contributed by atoms with Gasteiger partial charge in [-0.25, -0.2) is 4.79 Å². The molecule has 2 aliphatic carbocycles. The van der Waals surface area contributed by atoms with Crippen molar-refractivity contribution in [3.05, 3.63) is 21.9 Å². The van der Waals surface area contributed by atoms with Crippen LogP contribution in [0.4, 0.5) is 4.79 Å². The molecule has 1 saturated heterocycles. The number of rotatable bonds is 5. The fourth-order valence-corrected chi connectivity index (χ4v) is 5.36. The van der Waals surface area contributed by atoms with Crippen molar-refractivity contribution in [1.29, 1.82) is 0 Å². The van der Waals surface area contributed by atoms with Crippen molar-refractivity contribution in [1.82, 2.24) is 15.1 Å². The molecule has 1 aromatic heterocycles. The number of aryl methyl sites for hydroxylation is 1. The van der Waals surface area contributed by atoms with E-state index in [0.29, 0.717) is 12.1 Å². The van der Waals surface area contributed by atoms with Crippen LogP contribution in [0.3, 0.4) is 0 Å². The second-order valence-corrected chi connectivity index (χ2v) is 9.11. The number of hydrogen-bond donors (Lipinski definition) is 1. The molecule has 2 amide bonds. The van der Waals surface area contributed by atoms with Crippen LogP contribution in [0.15, 0.2) is 11.4 Å². The van der Waals surface area contributed by atoms with Gasteiger partial charge in [0.05, 0.1) is 6.54 Å². The molecule has 1 aromatic rings. The molecular formula is C20H31N3OS. The number of carbonyl (C=O) groups is 1. The number of nitrogens with one attached hydrogen (secondary N) is 1. The van der Waals surface area contributed by atoms with E-state index in [1.807, 2.05) is 0 Å². The Bertz CT molecular complexity index is 592. The molecule has 5 heteroatoms. The lowest BCUT2D eigenvalue weighted by atomic mass is 10.0. The monoisotopic (exact) mass is 361 g/mol. The average molecular weight is 362 g/mol. The van der Waals surface area contributed by atoms with Gasteiger partial charge >= 0.3 is 6.03 Å². The maximum atomic E-state index is 13.0. The molecular weight excluding hydrogens is 330 g/mol.